The zero-order chi connectivity index (χ0) is 12.9. The molecular weight excluding hydrogens is 251 g/mol. The number of fused-ring (bicyclic) bond motifs is 3. The predicted molar refractivity (Wildman–Crippen MR) is 68.8 cm³/mol. The van der Waals surface area contributed by atoms with E-state index in [9.17, 15) is 9.18 Å². The largest absolute Gasteiger partial charge is 0.477 e. The van der Waals surface area contributed by atoms with E-state index in [4.69, 9.17) is 5.11 Å². The lowest BCUT2D eigenvalue weighted by Crippen LogP contribution is -2.05. The quantitative estimate of drug-likeness (QED) is 0.851. The molecule has 0 atom stereocenters. The van der Waals surface area contributed by atoms with Crippen LogP contribution in [0.25, 0.3) is 10.4 Å². The van der Waals surface area contributed by atoms with Crippen LogP contribution in [0.15, 0.2) is 18.2 Å². The summed E-state index contributed by atoms with van der Waals surface area (Å²) >= 11 is 1.23. The van der Waals surface area contributed by atoms with Gasteiger partial charge in [0.2, 0.25) is 0 Å². The van der Waals surface area contributed by atoms with Gasteiger partial charge in [0.25, 0.3) is 0 Å². The summed E-state index contributed by atoms with van der Waals surface area (Å²) in [7, 11) is 0. The maximum atomic E-state index is 14.0. The van der Waals surface area contributed by atoms with Crippen molar-refractivity contribution in [1.29, 1.82) is 0 Å². The molecular formula is C14H11FO2S. The van der Waals surface area contributed by atoms with Gasteiger partial charge in [-0.15, -0.1) is 11.3 Å². The van der Waals surface area contributed by atoms with Crippen LogP contribution in [0.2, 0.25) is 0 Å². The second-order valence-electron chi connectivity index (χ2n) is 4.49. The molecule has 1 aromatic carbocycles. The lowest BCUT2D eigenvalue weighted by molar-refractivity contribution is 0.0702. The van der Waals surface area contributed by atoms with Crippen LogP contribution in [-0.4, -0.2) is 11.1 Å². The average molecular weight is 262 g/mol. The van der Waals surface area contributed by atoms with E-state index in [0.29, 0.717) is 23.3 Å². The zero-order valence-corrected chi connectivity index (χ0v) is 10.6. The molecule has 2 nitrogen and oxygen atoms in total. The molecule has 0 fully saturated rings. The maximum absolute atomic E-state index is 14.0. The summed E-state index contributed by atoms with van der Waals surface area (Å²) in [5.41, 5.74) is 3.25. The smallest absolute Gasteiger partial charge is 0.345 e. The third-order valence-electron chi connectivity index (χ3n) is 3.35. The summed E-state index contributed by atoms with van der Waals surface area (Å²) in [5, 5.41) is 9.02. The Bertz CT molecular complexity index is 658. The molecule has 0 amide bonds. The fraction of sp³-hybridized carbons (Fsp3) is 0.214. The summed E-state index contributed by atoms with van der Waals surface area (Å²) in [5.74, 6) is -1.06. The number of aromatic carboxylic acids is 1. The highest BCUT2D eigenvalue weighted by atomic mass is 32.1. The third kappa shape index (κ3) is 1.56. The van der Waals surface area contributed by atoms with Crippen LogP contribution in [0.5, 0.6) is 0 Å². The van der Waals surface area contributed by atoms with Gasteiger partial charge in [0, 0.05) is 4.88 Å². The number of hydrogen-bond acceptors (Lipinski definition) is 2. The highest BCUT2D eigenvalue weighted by molar-refractivity contribution is 7.17. The number of carboxylic acid groups (broad SMARTS) is 1. The highest BCUT2D eigenvalue weighted by Gasteiger charge is 2.23. The van der Waals surface area contributed by atoms with E-state index in [1.807, 2.05) is 6.07 Å². The maximum Gasteiger partial charge on any atom is 0.345 e. The number of carboxylic acids is 1. The fourth-order valence-electron chi connectivity index (χ4n) is 2.40. The Morgan fingerprint density at radius 3 is 2.89 bits per heavy atom. The van der Waals surface area contributed by atoms with Crippen molar-refractivity contribution in [3.8, 4) is 10.4 Å². The number of carbonyl (C=O) groups is 1. The minimum atomic E-state index is -0.913. The van der Waals surface area contributed by atoms with Gasteiger partial charge >= 0.3 is 5.97 Å². The van der Waals surface area contributed by atoms with E-state index < -0.39 is 5.97 Å². The molecule has 0 aliphatic heterocycles. The Hall–Kier alpha value is -1.68. The van der Waals surface area contributed by atoms with Crippen LogP contribution in [0.4, 0.5) is 4.39 Å². The van der Waals surface area contributed by atoms with E-state index >= 15 is 0 Å². The van der Waals surface area contributed by atoms with Crippen molar-refractivity contribution in [2.45, 2.75) is 19.8 Å². The molecule has 18 heavy (non-hydrogen) atoms. The average Bonchev–Trinajstić information content (AvgIpc) is 2.77. The normalized spacial score (nSPS) is 13.0. The molecule has 4 heteroatoms. The summed E-state index contributed by atoms with van der Waals surface area (Å²) in [4.78, 5) is 12.2. The van der Waals surface area contributed by atoms with Crippen molar-refractivity contribution in [2.24, 2.45) is 0 Å². The van der Waals surface area contributed by atoms with Gasteiger partial charge in [0.15, 0.2) is 0 Å². The van der Waals surface area contributed by atoms with Crippen molar-refractivity contribution < 1.29 is 14.3 Å². The lowest BCUT2D eigenvalue weighted by atomic mass is 9.90. The molecule has 1 aromatic heterocycles. The minimum absolute atomic E-state index is 0.150. The molecule has 1 aliphatic rings. The topological polar surface area (TPSA) is 37.3 Å². The number of hydrogen-bond donors (Lipinski definition) is 1. The fourth-order valence-corrected chi connectivity index (χ4v) is 3.50. The first-order chi connectivity index (χ1) is 8.58. The van der Waals surface area contributed by atoms with E-state index in [-0.39, 0.29) is 5.82 Å². The number of rotatable bonds is 1. The summed E-state index contributed by atoms with van der Waals surface area (Å²) in [6, 6.07) is 5.36. The second-order valence-corrected chi connectivity index (χ2v) is 5.54. The van der Waals surface area contributed by atoms with Crippen LogP contribution in [0.3, 0.4) is 0 Å². The number of benzene rings is 1. The van der Waals surface area contributed by atoms with Crippen LogP contribution in [-0.2, 0) is 12.8 Å². The molecule has 92 valence electrons. The highest BCUT2D eigenvalue weighted by Crippen LogP contribution is 2.40. The van der Waals surface area contributed by atoms with Crippen molar-refractivity contribution in [3.05, 3.63) is 45.6 Å². The summed E-state index contributed by atoms with van der Waals surface area (Å²) < 4.78 is 14.0. The van der Waals surface area contributed by atoms with E-state index in [1.54, 1.807) is 19.1 Å². The molecule has 0 spiro atoms. The Labute approximate surface area is 108 Å². The minimum Gasteiger partial charge on any atom is -0.477 e. The van der Waals surface area contributed by atoms with Crippen LogP contribution in [0.1, 0.15) is 26.4 Å². The molecule has 0 radical (unpaired) electrons. The van der Waals surface area contributed by atoms with E-state index in [2.05, 4.69) is 0 Å². The molecule has 1 aliphatic carbocycles. The number of aryl methyl sites for hydroxylation is 2. The standard InChI is InChI=1S/C14H11FO2S/c1-7-2-4-10-9(12(7)15)5-3-8-6-11(14(16)17)18-13(8)10/h2,4,6H,3,5H2,1H3,(H,16,17). The Balaban J connectivity index is 2.23. The van der Waals surface area contributed by atoms with Gasteiger partial charge in [-0.2, -0.15) is 0 Å². The molecule has 3 rings (SSSR count). The van der Waals surface area contributed by atoms with Gasteiger partial charge in [-0.3, -0.25) is 0 Å². The SMILES string of the molecule is Cc1ccc2c(c1F)CCc1cc(C(=O)O)sc1-2. The van der Waals surface area contributed by atoms with Crippen molar-refractivity contribution in [1.82, 2.24) is 0 Å². The van der Waals surface area contributed by atoms with Crippen molar-refractivity contribution >= 4 is 17.3 Å². The van der Waals surface area contributed by atoms with Gasteiger partial charge in [-0.1, -0.05) is 12.1 Å². The Morgan fingerprint density at radius 2 is 2.17 bits per heavy atom. The molecule has 0 saturated carbocycles. The van der Waals surface area contributed by atoms with Crippen LogP contribution in [0, 0.1) is 12.7 Å². The third-order valence-corrected chi connectivity index (χ3v) is 4.54. The molecule has 0 saturated heterocycles. The summed E-state index contributed by atoms with van der Waals surface area (Å²) in [6.07, 6.45) is 1.36. The van der Waals surface area contributed by atoms with Gasteiger partial charge in [-0.25, -0.2) is 9.18 Å². The van der Waals surface area contributed by atoms with Crippen LogP contribution < -0.4 is 0 Å². The molecule has 1 heterocycles. The monoisotopic (exact) mass is 262 g/mol. The van der Waals surface area contributed by atoms with Crippen molar-refractivity contribution in [2.75, 3.05) is 0 Å². The van der Waals surface area contributed by atoms with Gasteiger partial charge in [0.05, 0.1) is 0 Å². The number of halogens is 1. The molecule has 2 aromatic rings. The lowest BCUT2D eigenvalue weighted by Gasteiger charge is -2.17. The molecule has 0 unspecified atom stereocenters. The molecule has 1 N–H and O–H groups in total. The second kappa shape index (κ2) is 3.92. The first kappa shape index (κ1) is 11.4. The van der Waals surface area contributed by atoms with Gasteiger partial charge in [0.1, 0.15) is 10.7 Å². The first-order valence-electron chi connectivity index (χ1n) is 5.72. The van der Waals surface area contributed by atoms with Crippen molar-refractivity contribution in [3.63, 3.8) is 0 Å². The van der Waals surface area contributed by atoms with Gasteiger partial charge in [-0.05, 0) is 48.1 Å². The summed E-state index contributed by atoms with van der Waals surface area (Å²) in [6.45, 7) is 1.75. The van der Waals surface area contributed by atoms with Crippen LogP contribution >= 0.6 is 11.3 Å². The van der Waals surface area contributed by atoms with E-state index in [1.165, 1.54) is 11.3 Å². The predicted octanol–water partition coefficient (Wildman–Crippen LogP) is 3.66. The first-order valence-corrected chi connectivity index (χ1v) is 6.54. The van der Waals surface area contributed by atoms with E-state index in [0.717, 1.165) is 21.6 Å². The zero-order valence-electron chi connectivity index (χ0n) is 9.79. The Kier molecular flexibility index (Phi) is 2.48. The molecule has 0 bridgehead atoms. The number of thiophene rings is 1. The Morgan fingerprint density at radius 1 is 1.39 bits per heavy atom. The van der Waals surface area contributed by atoms with Gasteiger partial charge < -0.3 is 5.11 Å².